The fraction of sp³-hybridized carbons (Fsp3) is 0.833. The lowest BCUT2D eigenvalue weighted by Crippen LogP contribution is -2.32. The van der Waals surface area contributed by atoms with Crippen molar-refractivity contribution < 1.29 is 10.0 Å². The molecule has 3 N–H and O–H groups in total. The maximum Gasteiger partial charge on any atom is 0.257 e. The van der Waals surface area contributed by atoms with Crippen LogP contribution in [0.25, 0.3) is 0 Å². The molecule has 0 aromatic rings. The number of hydrogen-bond acceptors (Lipinski definition) is 3. The molecular formula is C6H12N2O2. The third-order valence-corrected chi connectivity index (χ3v) is 1.54. The highest BCUT2D eigenvalue weighted by atomic mass is 16.5. The topological polar surface area (TPSA) is 61.4 Å². The fourth-order valence-corrected chi connectivity index (χ4v) is 0.751. The monoisotopic (exact) mass is 144 g/mol. The van der Waals surface area contributed by atoms with Gasteiger partial charge in [-0.2, -0.15) is 0 Å². The van der Waals surface area contributed by atoms with Gasteiger partial charge in [-0.25, -0.2) is 5.48 Å². The Kier molecular flexibility index (Phi) is 2.65. The first-order chi connectivity index (χ1) is 4.83. The van der Waals surface area contributed by atoms with Crippen molar-refractivity contribution in [1.29, 1.82) is 0 Å². The minimum Gasteiger partial charge on any atom is -0.308 e. The Bertz CT molecular complexity index is 123. The second-order valence-corrected chi connectivity index (χ2v) is 2.61. The number of carbonyl (C=O) groups is 1. The first-order valence-electron chi connectivity index (χ1n) is 3.46. The van der Waals surface area contributed by atoms with E-state index in [0.29, 0.717) is 0 Å². The molecule has 0 unspecified atom stereocenters. The fourth-order valence-electron chi connectivity index (χ4n) is 0.751. The summed E-state index contributed by atoms with van der Waals surface area (Å²) in [6.07, 6.45) is 2.54. The van der Waals surface area contributed by atoms with Crippen molar-refractivity contribution in [2.24, 2.45) is 5.92 Å². The van der Waals surface area contributed by atoms with Crippen LogP contribution in [0.3, 0.4) is 0 Å². The lowest BCUT2D eigenvalue weighted by Gasteiger charge is -1.99. The molecule has 10 heavy (non-hydrogen) atoms. The predicted molar refractivity (Wildman–Crippen MR) is 35.5 cm³/mol. The molecule has 4 nitrogen and oxygen atoms in total. The first kappa shape index (κ1) is 7.50. The van der Waals surface area contributed by atoms with Crippen LogP contribution in [0, 0.1) is 5.92 Å². The van der Waals surface area contributed by atoms with Crippen molar-refractivity contribution in [3.63, 3.8) is 0 Å². The number of amides is 1. The summed E-state index contributed by atoms with van der Waals surface area (Å²) in [7, 11) is 0. The average Bonchev–Trinajstić information content (AvgIpc) is 2.71. The van der Waals surface area contributed by atoms with Crippen molar-refractivity contribution in [3.8, 4) is 0 Å². The van der Waals surface area contributed by atoms with Crippen LogP contribution in [0.4, 0.5) is 0 Å². The van der Waals surface area contributed by atoms with E-state index in [9.17, 15) is 4.79 Å². The summed E-state index contributed by atoms with van der Waals surface area (Å²) in [5, 5.41) is 11.0. The Morgan fingerprint density at radius 2 is 2.30 bits per heavy atom. The molecule has 0 spiro atoms. The smallest absolute Gasteiger partial charge is 0.257 e. The van der Waals surface area contributed by atoms with Crippen molar-refractivity contribution in [2.75, 3.05) is 13.1 Å². The summed E-state index contributed by atoms with van der Waals surface area (Å²) in [4.78, 5) is 10.4. The predicted octanol–water partition coefficient (Wildman–Crippen LogP) is -0.509. The number of carbonyl (C=O) groups excluding carboxylic acids is 1. The van der Waals surface area contributed by atoms with Crippen LogP contribution in [0.15, 0.2) is 0 Å². The molecule has 0 aliphatic heterocycles. The quantitative estimate of drug-likeness (QED) is 0.368. The lowest BCUT2D eigenvalue weighted by molar-refractivity contribution is -0.128. The van der Waals surface area contributed by atoms with E-state index >= 15 is 0 Å². The third kappa shape index (κ3) is 2.80. The largest absolute Gasteiger partial charge is 0.308 e. The van der Waals surface area contributed by atoms with Gasteiger partial charge < -0.3 is 5.32 Å². The molecule has 1 amide bonds. The van der Waals surface area contributed by atoms with Gasteiger partial charge in [-0.05, 0) is 25.3 Å². The molecule has 1 aliphatic carbocycles. The van der Waals surface area contributed by atoms with Crippen LogP contribution in [0.1, 0.15) is 12.8 Å². The Balaban J connectivity index is 1.88. The molecule has 58 valence electrons. The van der Waals surface area contributed by atoms with Gasteiger partial charge in [-0.1, -0.05) is 0 Å². The van der Waals surface area contributed by atoms with Crippen molar-refractivity contribution in [1.82, 2.24) is 10.8 Å². The standard InChI is InChI=1S/C6H12N2O2/c9-6(8-10)4-7-3-5-1-2-5/h5,7,10H,1-4H2,(H,8,9). The van der Waals surface area contributed by atoms with Crippen molar-refractivity contribution in [3.05, 3.63) is 0 Å². The number of rotatable bonds is 4. The Morgan fingerprint density at radius 3 is 2.80 bits per heavy atom. The summed E-state index contributed by atoms with van der Waals surface area (Å²) < 4.78 is 0. The SMILES string of the molecule is O=C(CNCC1CC1)NO. The van der Waals surface area contributed by atoms with E-state index in [1.165, 1.54) is 12.8 Å². The summed E-state index contributed by atoms with van der Waals surface area (Å²) in [5.74, 6) is 0.396. The van der Waals surface area contributed by atoms with Gasteiger partial charge in [0.05, 0.1) is 6.54 Å². The molecule has 4 heteroatoms. The van der Waals surface area contributed by atoms with Gasteiger partial charge in [-0.15, -0.1) is 0 Å². The van der Waals surface area contributed by atoms with E-state index in [0.717, 1.165) is 12.5 Å². The van der Waals surface area contributed by atoms with Gasteiger partial charge in [0.1, 0.15) is 0 Å². The van der Waals surface area contributed by atoms with Crippen LogP contribution in [-0.2, 0) is 4.79 Å². The zero-order chi connectivity index (χ0) is 7.40. The molecule has 1 rings (SSSR count). The Hall–Kier alpha value is -0.610. The zero-order valence-corrected chi connectivity index (χ0v) is 5.76. The van der Waals surface area contributed by atoms with E-state index in [2.05, 4.69) is 5.32 Å². The molecule has 0 bridgehead atoms. The molecule has 1 fully saturated rings. The summed E-state index contributed by atoms with van der Waals surface area (Å²) in [6.45, 7) is 1.11. The molecule has 0 radical (unpaired) electrons. The van der Waals surface area contributed by atoms with Gasteiger partial charge in [0.25, 0.3) is 5.91 Å². The van der Waals surface area contributed by atoms with Crippen molar-refractivity contribution >= 4 is 5.91 Å². The normalized spacial score (nSPS) is 16.9. The summed E-state index contributed by atoms with van der Waals surface area (Å²) in [5.41, 5.74) is 1.56. The van der Waals surface area contributed by atoms with Gasteiger partial charge in [-0.3, -0.25) is 10.0 Å². The molecule has 0 heterocycles. The second kappa shape index (κ2) is 3.53. The molecule has 1 aliphatic rings. The molecule has 0 aromatic carbocycles. The zero-order valence-electron chi connectivity index (χ0n) is 5.76. The highest BCUT2D eigenvalue weighted by molar-refractivity contribution is 5.76. The lowest BCUT2D eigenvalue weighted by atomic mass is 10.4. The highest BCUT2D eigenvalue weighted by Crippen LogP contribution is 2.27. The van der Waals surface area contributed by atoms with Crippen LogP contribution in [0.5, 0.6) is 0 Å². The Morgan fingerprint density at radius 1 is 1.60 bits per heavy atom. The van der Waals surface area contributed by atoms with Gasteiger partial charge in [0.2, 0.25) is 0 Å². The first-order valence-corrected chi connectivity index (χ1v) is 3.46. The van der Waals surface area contributed by atoms with E-state index < -0.39 is 0 Å². The summed E-state index contributed by atoms with van der Waals surface area (Å²) >= 11 is 0. The maximum absolute atomic E-state index is 10.4. The third-order valence-electron chi connectivity index (χ3n) is 1.54. The average molecular weight is 144 g/mol. The molecular weight excluding hydrogens is 132 g/mol. The molecule has 0 aromatic heterocycles. The number of nitrogens with one attached hydrogen (secondary N) is 2. The Labute approximate surface area is 59.6 Å². The van der Waals surface area contributed by atoms with Gasteiger partial charge in [0, 0.05) is 0 Å². The molecule has 1 saturated carbocycles. The van der Waals surface area contributed by atoms with Crippen LogP contribution in [-0.4, -0.2) is 24.2 Å². The van der Waals surface area contributed by atoms with Crippen LogP contribution >= 0.6 is 0 Å². The molecule has 0 atom stereocenters. The number of hydroxylamine groups is 1. The van der Waals surface area contributed by atoms with Crippen LogP contribution in [0.2, 0.25) is 0 Å². The second-order valence-electron chi connectivity index (χ2n) is 2.61. The number of hydrogen-bond donors (Lipinski definition) is 3. The molecule has 0 saturated heterocycles. The van der Waals surface area contributed by atoms with Gasteiger partial charge >= 0.3 is 0 Å². The minimum atomic E-state index is -0.374. The minimum absolute atomic E-state index is 0.215. The van der Waals surface area contributed by atoms with E-state index in [1.807, 2.05) is 0 Å². The summed E-state index contributed by atoms with van der Waals surface area (Å²) in [6, 6.07) is 0. The van der Waals surface area contributed by atoms with Crippen molar-refractivity contribution in [2.45, 2.75) is 12.8 Å². The van der Waals surface area contributed by atoms with E-state index in [-0.39, 0.29) is 12.5 Å². The highest BCUT2D eigenvalue weighted by Gasteiger charge is 2.20. The van der Waals surface area contributed by atoms with E-state index in [4.69, 9.17) is 5.21 Å². The van der Waals surface area contributed by atoms with Gasteiger partial charge in [0.15, 0.2) is 0 Å². The van der Waals surface area contributed by atoms with Crippen LogP contribution < -0.4 is 10.8 Å². The maximum atomic E-state index is 10.4. The van der Waals surface area contributed by atoms with E-state index in [1.54, 1.807) is 5.48 Å².